The average Bonchev–Trinajstić information content (AvgIpc) is 2.55. The molecule has 9 heteroatoms. The molecule has 2 N–H and O–H groups in total. The van der Waals surface area contributed by atoms with Gasteiger partial charge in [0.25, 0.3) is 5.91 Å². The van der Waals surface area contributed by atoms with E-state index >= 15 is 0 Å². The van der Waals surface area contributed by atoms with Gasteiger partial charge >= 0.3 is 5.97 Å². The topological polar surface area (TPSA) is 111 Å². The van der Waals surface area contributed by atoms with Crippen LogP contribution in [0.25, 0.3) is 0 Å². The number of aromatic nitrogens is 2. The van der Waals surface area contributed by atoms with Crippen LogP contribution in [-0.2, 0) is 0 Å². The molecule has 0 radical (unpaired) electrons. The van der Waals surface area contributed by atoms with Gasteiger partial charge < -0.3 is 19.9 Å². The van der Waals surface area contributed by atoms with Crippen LogP contribution < -0.4 is 14.8 Å². The molecule has 1 aromatic heterocycles. The number of hydrogen-bond acceptors (Lipinski definition) is 6. The molecule has 0 saturated heterocycles. The van der Waals surface area contributed by atoms with Gasteiger partial charge in [-0.15, -0.1) is 0 Å². The van der Waals surface area contributed by atoms with E-state index in [9.17, 15) is 9.59 Å². The number of aromatic carboxylic acids is 1. The van der Waals surface area contributed by atoms with E-state index < -0.39 is 17.6 Å². The van der Waals surface area contributed by atoms with Crippen molar-refractivity contribution in [1.82, 2.24) is 9.97 Å². The number of rotatable bonds is 5. The molecule has 0 spiro atoms. The normalized spacial score (nSPS) is 10.0. The molecule has 0 bridgehead atoms. The number of nitrogens with zero attached hydrogens (tertiary/aromatic N) is 2. The van der Waals surface area contributed by atoms with E-state index in [0.717, 1.165) is 0 Å². The number of carboxylic acids is 1. The number of benzene rings is 1. The smallest absolute Gasteiger partial charge is 0.356 e. The highest BCUT2D eigenvalue weighted by molar-refractivity contribution is 6.32. The van der Waals surface area contributed by atoms with Crippen LogP contribution in [0.15, 0.2) is 24.5 Å². The van der Waals surface area contributed by atoms with Gasteiger partial charge in [-0.25, -0.2) is 14.8 Å². The van der Waals surface area contributed by atoms with E-state index in [1.165, 1.54) is 38.7 Å². The van der Waals surface area contributed by atoms with Crippen LogP contribution >= 0.6 is 11.6 Å². The van der Waals surface area contributed by atoms with E-state index in [1.54, 1.807) is 0 Å². The van der Waals surface area contributed by atoms with Crippen LogP contribution in [0.3, 0.4) is 0 Å². The molecule has 120 valence electrons. The molecule has 2 rings (SSSR count). The van der Waals surface area contributed by atoms with Crippen molar-refractivity contribution in [3.05, 3.63) is 40.9 Å². The maximum Gasteiger partial charge on any atom is 0.356 e. The zero-order valence-electron chi connectivity index (χ0n) is 12.2. The lowest BCUT2D eigenvalue weighted by Gasteiger charge is -2.13. The Balaban J connectivity index is 2.38. The quantitative estimate of drug-likeness (QED) is 0.859. The van der Waals surface area contributed by atoms with Gasteiger partial charge in [0.1, 0.15) is 11.5 Å². The van der Waals surface area contributed by atoms with Crippen molar-refractivity contribution in [2.24, 2.45) is 0 Å². The Morgan fingerprint density at radius 2 is 1.70 bits per heavy atom. The van der Waals surface area contributed by atoms with Crippen LogP contribution in [-0.4, -0.2) is 41.2 Å². The summed E-state index contributed by atoms with van der Waals surface area (Å²) in [4.78, 5) is 30.7. The molecule has 23 heavy (non-hydrogen) atoms. The molecule has 0 atom stereocenters. The standard InChI is InChI=1S/C14H12ClN3O5/c1-22-9-6-10(23-2)8(5-7(9)15)18-13(19)11-12(14(20)21)17-4-3-16-11/h3-6H,1-2H3,(H,18,19)(H,20,21). The van der Waals surface area contributed by atoms with Crippen LogP contribution in [0.5, 0.6) is 11.5 Å². The summed E-state index contributed by atoms with van der Waals surface area (Å²) in [5.41, 5.74) is -0.539. The Kier molecular flexibility index (Phi) is 4.97. The highest BCUT2D eigenvalue weighted by Crippen LogP contribution is 2.36. The van der Waals surface area contributed by atoms with E-state index in [0.29, 0.717) is 11.5 Å². The molecule has 1 aromatic carbocycles. The number of methoxy groups -OCH3 is 2. The van der Waals surface area contributed by atoms with Gasteiger partial charge in [0.2, 0.25) is 0 Å². The monoisotopic (exact) mass is 337 g/mol. The lowest BCUT2D eigenvalue weighted by Crippen LogP contribution is -2.19. The van der Waals surface area contributed by atoms with E-state index in [-0.39, 0.29) is 16.4 Å². The summed E-state index contributed by atoms with van der Waals surface area (Å²) < 4.78 is 10.2. The second-order valence-electron chi connectivity index (χ2n) is 4.20. The number of carbonyl (C=O) groups excluding carboxylic acids is 1. The summed E-state index contributed by atoms with van der Waals surface area (Å²) in [6.45, 7) is 0. The third-order valence-corrected chi connectivity index (χ3v) is 3.13. The van der Waals surface area contributed by atoms with Crippen molar-refractivity contribution in [2.45, 2.75) is 0 Å². The number of halogens is 1. The van der Waals surface area contributed by atoms with Gasteiger partial charge in [-0.05, 0) is 6.07 Å². The van der Waals surface area contributed by atoms with Gasteiger partial charge in [0, 0.05) is 18.5 Å². The van der Waals surface area contributed by atoms with Gasteiger partial charge in [-0.3, -0.25) is 4.79 Å². The molecule has 0 aliphatic carbocycles. The molecule has 8 nitrogen and oxygen atoms in total. The minimum absolute atomic E-state index is 0.241. The molecule has 0 fully saturated rings. The third-order valence-electron chi connectivity index (χ3n) is 2.84. The van der Waals surface area contributed by atoms with Crippen LogP contribution in [0, 0.1) is 0 Å². The Labute approximate surface area is 136 Å². The lowest BCUT2D eigenvalue weighted by atomic mass is 10.2. The van der Waals surface area contributed by atoms with Gasteiger partial charge in [0.15, 0.2) is 11.4 Å². The molecule has 0 aliphatic rings. The first kappa shape index (κ1) is 16.5. The SMILES string of the molecule is COc1cc(OC)c(NC(=O)c2nccnc2C(=O)O)cc1Cl. The maximum absolute atomic E-state index is 12.3. The number of amides is 1. The number of nitrogens with one attached hydrogen (secondary N) is 1. The molecular weight excluding hydrogens is 326 g/mol. The van der Waals surface area contributed by atoms with Crippen LogP contribution in [0.4, 0.5) is 5.69 Å². The van der Waals surface area contributed by atoms with Crippen molar-refractivity contribution >= 4 is 29.2 Å². The molecule has 1 amide bonds. The van der Waals surface area contributed by atoms with Crippen molar-refractivity contribution in [2.75, 3.05) is 19.5 Å². The molecule has 0 unspecified atom stereocenters. The first-order valence-electron chi connectivity index (χ1n) is 6.25. The lowest BCUT2D eigenvalue weighted by molar-refractivity contribution is 0.0685. The fourth-order valence-corrected chi connectivity index (χ4v) is 2.04. The molecular formula is C14H12ClN3O5. The number of anilines is 1. The van der Waals surface area contributed by atoms with E-state index in [2.05, 4.69) is 15.3 Å². The highest BCUT2D eigenvalue weighted by atomic mass is 35.5. The summed E-state index contributed by atoms with van der Waals surface area (Å²) in [5.74, 6) is -1.45. The fourth-order valence-electron chi connectivity index (χ4n) is 1.80. The van der Waals surface area contributed by atoms with E-state index in [4.69, 9.17) is 26.2 Å². The maximum atomic E-state index is 12.3. The first-order valence-corrected chi connectivity index (χ1v) is 6.63. The zero-order chi connectivity index (χ0) is 17.0. The average molecular weight is 338 g/mol. The number of ether oxygens (including phenoxy) is 2. The van der Waals surface area contributed by atoms with Crippen molar-refractivity contribution in [3.63, 3.8) is 0 Å². The second-order valence-corrected chi connectivity index (χ2v) is 4.61. The van der Waals surface area contributed by atoms with Crippen LogP contribution in [0.1, 0.15) is 21.0 Å². The molecule has 1 heterocycles. The summed E-state index contributed by atoms with van der Waals surface area (Å²) in [6.07, 6.45) is 2.41. The first-order chi connectivity index (χ1) is 11.0. The van der Waals surface area contributed by atoms with E-state index in [1.807, 2.05) is 0 Å². The van der Waals surface area contributed by atoms with Gasteiger partial charge in [-0.1, -0.05) is 11.6 Å². The highest BCUT2D eigenvalue weighted by Gasteiger charge is 2.21. The molecule has 0 aliphatic heterocycles. The minimum atomic E-state index is -1.36. The zero-order valence-corrected chi connectivity index (χ0v) is 12.9. The summed E-state index contributed by atoms with van der Waals surface area (Å²) in [7, 11) is 2.85. The van der Waals surface area contributed by atoms with Crippen molar-refractivity contribution < 1.29 is 24.2 Å². The largest absolute Gasteiger partial charge is 0.495 e. The molecule has 0 saturated carbocycles. The Hall–Kier alpha value is -2.87. The predicted octanol–water partition coefficient (Wildman–Crippen LogP) is 2.10. The molecule has 2 aromatic rings. The Morgan fingerprint density at radius 3 is 2.26 bits per heavy atom. The van der Waals surface area contributed by atoms with Crippen molar-refractivity contribution in [1.29, 1.82) is 0 Å². The van der Waals surface area contributed by atoms with Gasteiger partial charge in [-0.2, -0.15) is 0 Å². The second kappa shape index (κ2) is 6.93. The fraction of sp³-hybridized carbons (Fsp3) is 0.143. The van der Waals surface area contributed by atoms with Crippen molar-refractivity contribution in [3.8, 4) is 11.5 Å². The summed E-state index contributed by atoms with van der Waals surface area (Å²) in [5, 5.41) is 11.8. The number of carbonyl (C=O) groups is 2. The number of carboxylic acid groups (broad SMARTS) is 1. The van der Waals surface area contributed by atoms with Crippen LogP contribution in [0.2, 0.25) is 5.02 Å². The third kappa shape index (κ3) is 3.49. The Morgan fingerprint density at radius 1 is 1.09 bits per heavy atom. The summed E-state index contributed by atoms with van der Waals surface area (Å²) >= 11 is 6.02. The predicted molar refractivity (Wildman–Crippen MR) is 81.5 cm³/mol. The minimum Gasteiger partial charge on any atom is -0.495 e. The Bertz CT molecular complexity index is 766. The summed E-state index contributed by atoms with van der Waals surface area (Å²) in [6, 6.07) is 2.92. The van der Waals surface area contributed by atoms with Gasteiger partial charge in [0.05, 0.1) is 24.9 Å². The number of hydrogen-bond donors (Lipinski definition) is 2.